The van der Waals surface area contributed by atoms with Gasteiger partial charge in [0.2, 0.25) is 0 Å². The van der Waals surface area contributed by atoms with Crippen molar-refractivity contribution in [1.82, 2.24) is 0 Å². The minimum absolute atomic E-state index is 0.116. The third-order valence-electron chi connectivity index (χ3n) is 1.28. The van der Waals surface area contributed by atoms with Crippen molar-refractivity contribution in [2.24, 2.45) is 11.5 Å². The average Bonchev–Trinajstić information content (AvgIpc) is 2.16. The first-order valence-corrected chi connectivity index (χ1v) is 4.06. The van der Waals surface area contributed by atoms with Crippen molar-refractivity contribution in [3.8, 4) is 0 Å². The van der Waals surface area contributed by atoms with E-state index >= 15 is 0 Å². The average molecular weight is 224 g/mol. The number of hydrogen-bond donors (Lipinski definition) is 6. The predicted molar refractivity (Wildman–Crippen MR) is 49.7 cm³/mol. The first-order chi connectivity index (χ1) is 6.73. The second-order valence-electron chi connectivity index (χ2n) is 2.64. The molecule has 0 bridgehead atoms. The lowest BCUT2D eigenvalue weighted by molar-refractivity contribution is -0.165. The van der Waals surface area contributed by atoms with Crippen molar-refractivity contribution in [3.05, 3.63) is 0 Å². The molecule has 0 saturated carbocycles. The SMILES string of the molecule is CCC(N)N.O=C(O)C(O)C(O)C(=O)O. The van der Waals surface area contributed by atoms with Crippen LogP contribution in [0.2, 0.25) is 0 Å². The highest BCUT2D eigenvalue weighted by Crippen LogP contribution is 1.92. The van der Waals surface area contributed by atoms with Crippen LogP contribution in [-0.2, 0) is 9.59 Å². The van der Waals surface area contributed by atoms with Crippen LogP contribution in [0.4, 0.5) is 0 Å². The normalized spacial score (nSPS) is 13.7. The number of carbonyl (C=O) groups is 2. The summed E-state index contributed by atoms with van der Waals surface area (Å²) in [6.07, 6.45) is -3.79. The maximum absolute atomic E-state index is 9.77. The number of rotatable bonds is 4. The van der Waals surface area contributed by atoms with E-state index in [1.165, 1.54) is 0 Å². The molecule has 15 heavy (non-hydrogen) atoms. The van der Waals surface area contributed by atoms with Crippen molar-refractivity contribution in [2.75, 3.05) is 0 Å². The topological polar surface area (TPSA) is 167 Å². The maximum atomic E-state index is 9.77. The summed E-state index contributed by atoms with van der Waals surface area (Å²) in [5.74, 6) is -3.54. The zero-order valence-electron chi connectivity index (χ0n) is 8.20. The minimum atomic E-state index is -2.27. The first kappa shape index (κ1) is 16.2. The molecule has 0 spiro atoms. The van der Waals surface area contributed by atoms with Gasteiger partial charge in [0.05, 0.1) is 6.17 Å². The standard InChI is InChI=1S/C4H6O6.C3H10N2/c5-1(3(7)8)2(6)4(9)10;1-2-3(4)5/h1-2,5-6H,(H,7,8)(H,9,10);3H,2,4-5H2,1H3. The van der Waals surface area contributed by atoms with E-state index < -0.39 is 24.1 Å². The second-order valence-corrected chi connectivity index (χ2v) is 2.64. The molecule has 0 aliphatic carbocycles. The zero-order chi connectivity index (χ0) is 12.6. The Morgan fingerprint density at radius 1 is 1.07 bits per heavy atom. The van der Waals surface area contributed by atoms with E-state index in [0.717, 1.165) is 6.42 Å². The van der Waals surface area contributed by atoms with Crippen LogP contribution in [0.1, 0.15) is 13.3 Å². The summed E-state index contributed by atoms with van der Waals surface area (Å²) in [6, 6.07) is 0. The molecule has 0 amide bonds. The van der Waals surface area contributed by atoms with Crippen molar-refractivity contribution in [3.63, 3.8) is 0 Å². The summed E-state index contributed by atoms with van der Waals surface area (Å²) in [7, 11) is 0. The zero-order valence-corrected chi connectivity index (χ0v) is 8.20. The van der Waals surface area contributed by atoms with Crippen molar-refractivity contribution in [2.45, 2.75) is 31.7 Å². The molecular weight excluding hydrogens is 208 g/mol. The molecule has 0 aromatic heterocycles. The number of aliphatic hydroxyl groups excluding tert-OH is 2. The van der Waals surface area contributed by atoms with Gasteiger partial charge in [-0.05, 0) is 6.42 Å². The summed E-state index contributed by atoms with van der Waals surface area (Å²) in [5.41, 5.74) is 10.1. The Morgan fingerprint density at radius 3 is 1.33 bits per heavy atom. The third kappa shape index (κ3) is 9.09. The first-order valence-electron chi connectivity index (χ1n) is 4.06. The molecule has 0 aliphatic rings. The summed E-state index contributed by atoms with van der Waals surface area (Å²) < 4.78 is 0. The van der Waals surface area contributed by atoms with E-state index in [9.17, 15) is 9.59 Å². The molecule has 8 N–H and O–H groups in total. The summed E-state index contributed by atoms with van der Waals surface area (Å²) in [6.45, 7) is 1.95. The summed E-state index contributed by atoms with van der Waals surface area (Å²) in [4.78, 5) is 19.5. The van der Waals surface area contributed by atoms with Gasteiger partial charge in [-0.1, -0.05) is 6.92 Å². The van der Waals surface area contributed by atoms with Crippen LogP contribution >= 0.6 is 0 Å². The molecule has 8 heteroatoms. The molecule has 0 fully saturated rings. The van der Waals surface area contributed by atoms with Crippen molar-refractivity contribution < 1.29 is 30.0 Å². The van der Waals surface area contributed by atoms with Gasteiger partial charge in [0.1, 0.15) is 0 Å². The van der Waals surface area contributed by atoms with E-state index in [0.29, 0.717) is 0 Å². The fourth-order valence-corrected chi connectivity index (χ4v) is 0.270. The predicted octanol–water partition coefficient (Wildman–Crippen LogP) is -2.48. The maximum Gasteiger partial charge on any atom is 0.335 e. The molecular formula is C7H16N2O6. The smallest absolute Gasteiger partial charge is 0.335 e. The Kier molecular flexibility index (Phi) is 8.78. The number of carboxylic acid groups (broad SMARTS) is 2. The minimum Gasteiger partial charge on any atom is -0.479 e. The van der Waals surface area contributed by atoms with Gasteiger partial charge in [-0.25, -0.2) is 9.59 Å². The van der Waals surface area contributed by atoms with E-state index in [4.69, 9.17) is 31.9 Å². The van der Waals surface area contributed by atoms with Gasteiger partial charge in [-0.3, -0.25) is 0 Å². The highest BCUT2D eigenvalue weighted by molar-refractivity contribution is 5.83. The van der Waals surface area contributed by atoms with Crippen LogP contribution in [0, 0.1) is 0 Å². The highest BCUT2D eigenvalue weighted by atomic mass is 16.4. The largest absolute Gasteiger partial charge is 0.479 e. The molecule has 2 unspecified atom stereocenters. The molecule has 0 heterocycles. The van der Waals surface area contributed by atoms with E-state index in [-0.39, 0.29) is 6.17 Å². The summed E-state index contributed by atoms with van der Waals surface area (Å²) >= 11 is 0. The molecule has 90 valence electrons. The van der Waals surface area contributed by atoms with Crippen molar-refractivity contribution in [1.29, 1.82) is 0 Å². The molecule has 2 atom stereocenters. The fraction of sp³-hybridized carbons (Fsp3) is 0.714. The monoisotopic (exact) mass is 224 g/mol. The van der Waals surface area contributed by atoms with Gasteiger partial charge in [0.25, 0.3) is 0 Å². The van der Waals surface area contributed by atoms with Crippen LogP contribution in [0.3, 0.4) is 0 Å². The van der Waals surface area contributed by atoms with E-state index in [1.807, 2.05) is 6.92 Å². The molecule has 0 radical (unpaired) electrons. The number of hydrogen-bond acceptors (Lipinski definition) is 6. The highest BCUT2D eigenvalue weighted by Gasteiger charge is 2.29. The van der Waals surface area contributed by atoms with Crippen LogP contribution in [0.5, 0.6) is 0 Å². The molecule has 0 saturated heterocycles. The molecule has 0 aromatic carbocycles. The van der Waals surface area contributed by atoms with E-state index in [1.54, 1.807) is 0 Å². The lowest BCUT2D eigenvalue weighted by Crippen LogP contribution is -2.39. The van der Waals surface area contributed by atoms with Crippen LogP contribution < -0.4 is 11.5 Å². The van der Waals surface area contributed by atoms with Gasteiger partial charge in [0.15, 0.2) is 12.2 Å². The Hall–Kier alpha value is -1.22. The number of carboxylic acids is 2. The van der Waals surface area contributed by atoms with Gasteiger partial charge >= 0.3 is 11.9 Å². The molecule has 0 aromatic rings. The Bertz CT molecular complexity index is 190. The van der Waals surface area contributed by atoms with Gasteiger partial charge in [0, 0.05) is 0 Å². The number of aliphatic carboxylic acids is 2. The van der Waals surface area contributed by atoms with E-state index in [2.05, 4.69) is 0 Å². The quantitative estimate of drug-likeness (QED) is 0.285. The fourth-order valence-electron chi connectivity index (χ4n) is 0.270. The van der Waals surface area contributed by atoms with Gasteiger partial charge in [-0.2, -0.15) is 0 Å². The van der Waals surface area contributed by atoms with Gasteiger partial charge < -0.3 is 31.9 Å². The molecule has 0 rings (SSSR count). The van der Waals surface area contributed by atoms with Crippen LogP contribution in [0.15, 0.2) is 0 Å². The molecule has 0 aliphatic heterocycles. The third-order valence-corrected chi connectivity index (χ3v) is 1.28. The Balaban J connectivity index is 0. The lowest BCUT2D eigenvalue weighted by atomic mass is 10.2. The number of nitrogens with two attached hydrogens (primary N) is 2. The summed E-state index contributed by atoms with van der Waals surface area (Å²) in [5, 5.41) is 32.5. The number of aliphatic hydroxyl groups is 2. The lowest BCUT2D eigenvalue weighted by Gasteiger charge is -2.07. The van der Waals surface area contributed by atoms with Crippen LogP contribution in [0.25, 0.3) is 0 Å². The van der Waals surface area contributed by atoms with Gasteiger partial charge in [-0.15, -0.1) is 0 Å². The Morgan fingerprint density at radius 2 is 1.27 bits per heavy atom. The Labute approximate surface area is 86.1 Å². The molecule has 8 nitrogen and oxygen atoms in total. The van der Waals surface area contributed by atoms with Crippen molar-refractivity contribution >= 4 is 11.9 Å². The van der Waals surface area contributed by atoms with Crippen LogP contribution in [-0.4, -0.2) is 50.7 Å². The second kappa shape index (κ2) is 8.12.